The Hall–Kier alpha value is -3.99. The summed E-state index contributed by atoms with van der Waals surface area (Å²) >= 11 is 0. The number of carbonyl (C=O) groups excluding carboxylic acids is 1. The molecule has 3 aromatic carbocycles. The Morgan fingerprint density at radius 3 is 2.52 bits per heavy atom. The topological polar surface area (TPSA) is 46.5 Å². The molecule has 4 aromatic rings. The summed E-state index contributed by atoms with van der Waals surface area (Å²) in [6.07, 6.45) is 2.92. The largest absolute Gasteiger partial charge is 0.497 e. The van der Waals surface area contributed by atoms with Gasteiger partial charge in [-0.25, -0.2) is 4.79 Å². The number of urea groups is 1. The number of anilines is 1. The molecule has 1 atom stereocenters. The molecule has 5 rings (SSSR count). The molecular formula is C28H27N3O2. The van der Waals surface area contributed by atoms with Gasteiger partial charge in [0.25, 0.3) is 0 Å². The van der Waals surface area contributed by atoms with E-state index >= 15 is 0 Å². The molecule has 0 radical (unpaired) electrons. The van der Waals surface area contributed by atoms with E-state index in [2.05, 4.69) is 47.3 Å². The van der Waals surface area contributed by atoms with E-state index in [1.165, 1.54) is 0 Å². The number of hydrogen-bond donors (Lipinski definition) is 1. The van der Waals surface area contributed by atoms with E-state index in [0.717, 1.165) is 45.9 Å². The minimum Gasteiger partial charge on any atom is -0.497 e. The number of benzene rings is 3. The van der Waals surface area contributed by atoms with Crippen LogP contribution in [0.25, 0.3) is 5.69 Å². The summed E-state index contributed by atoms with van der Waals surface area (Å²) in [5.74, 6) is 0.791. The number of nitrogens with zero attached hydrogens (tertiary/aromatic N) is 2. The van der Waals surface area contributed by atoms with E-state index in [0.29, 0.717) is 6.54 Å². The third kappa shape index (κ3) is 3.87. The van der Waals surface area contributed by atoms with Crippen LogP contribution in [0.2, 0.25) is 0 Å². The number of aromatic nitrogens is 1. The number of carbonyl (C=O) groups is 1. The van der Waals surface area contributed by atoms with Crippen LogP contribution in [0.3, 0.4) is 0 Å². The maximum absolute atomic E-state index is 13.8. The van der Waals surface area contributed by atoms with Crippen LogP contribution >= 0.6 is 0 Å². The van der Waals surface area contributed by atoms with Gasteiger partial charge >= 0.3 is 6.03 Å². The molecule has 5 heteroatoms. The summed E-state index contributed by atoms with van der Waals surface area (Å²) in [4.78, 5) is 15.7. The highest BCUT2D eigenvalue weighted by atomic mass is 16.5. The number of nitrogens with one attached hydrogen (secondary N) is 1. The lowest BCUT2D eigenvalue weighted by molar-refractivity contribution is 0.194. The number of amides is 2. The van der Waals surface area contributed by atoms with Gasteiger partial charge in [-0.2, -0.15) is 0 Å². The molecule has 0 bridgehead atoms. The average molecular weight is 438 g/mol. The molecular weight excluding hydrogens is 410 g/mol. The quantitative estimate of drug-likeness (QED) is 0.414. The second-order valence-corrected chi connectivity index (χ2v) is 8.18. The first-order chi connectivity index (χ1) is 16.2. The van der Waals surface area contributed by atoms with Gasteiger partial charge in [0.15, 0.2) is 0 Å². The molecule has 0 spiro atoms. The molecule has 0 fully saturated rings. The van der Waals surface area contributed by atoms with Crippen LogP contribution in [-0.2, 0) is 13.0 Å². The molecule has 1 N–H and O–H groups in total. The molecule has 2 amide bonds. The van der Waals surface area contributed by atoms with Crippen molar-refractivity contribution in [1.29, 1.82) is 0 Å². The number of rotatable bonds is 4. The zero-order valence-corrected chi connectivity index (χ0v) is 18.9. The van der Waals surface area contributed by atoms with Gasteiger partial charge in [0.2, 0.25) is 0 Å². The van der Waals surface area contributed by atoms with Crippen molar-refractivity contribution in [3.05, 3.63) is 114 Å². The average Bonchev–Trinajstić information content (AvgIpc) is 3.28. The minimum absolute atomic E-state index is 0.124. The summed E-state index contributed by atoms with van der Waals surface area (Å²) in [7, 11) is 1.66. The van der Waals surface area contributed by atoms with Crippen LogP contribution in [0.5, 0.6) is 5.75 Å². The Bertz CT molecular complexity index is 1280. The van der Waals surface area contributed by atoms with Crippen molar-refractivity contribution in [2.24, 2.45) is 0 Å². The third-order valence-corrected chi connectivity index (χ3v) is 6.30. The number of methoxy groups -OCH3 is 1. The van der Waals surface area contributed by atoms with Crippen molar-refractivity contribution in [3.63, 3.8) is 0 Å². The van der Waals surface area contributed by atoms with E-state index in [1.54, 1.807) is 7.11 Å². The van der Waals surface area contributed by atoms with Gasteiger partial charge in [0.05, 0.1) is 25.4 Å². The summed E-state index contributed by atoms with van der Waals surface area (Å²) in [6.45, 7) is 2.59. The lowest BCUT2D eigenvalue weighted by Crippen LogP contribution is -2.38. The third-order valence-electron chi connectivity index (χ3n) is 6.30. The van der Waals surface area contributed by atoms with Gasteiger partial charge in [-0.15, -0.1) is 0 Å². The Morgan fingerprint density at radius 1 is 0.970 bits per heavy atom. The molecule has 1 unspecified atom stereocenters. The van der Waals surface area contributed by atoms with E-state index in [-0.39, 0.29) is 12.1 Å². The van der Waals surface area contributed by atoms with E-state index in [1.807, 2.05) is 65.6 Å². The van der Waals surface area contributed by atoms with Crippen LogP contribution in [0.15, 0.2) is 91.1 Å². The molecule has 166 valence electrons. The van der Waals surface area contributed by atoms with Gasteiger partial charge in [-0.1, -0.05) is 55.5 Å². The van der Waals surface area contributed by atoms with Crippen LogP contribution in [0.4, 0.5) is 10.5 Å². The van der Waals surface area contributed by atoms with Crippen LogP contribution in [0.1, 0.15) is 35.3 Å². The van der Waals surface area contributed by atoms with E-state index < -0.39 is 0 Å². The monoisotopic (exact) mass is 437 g/mol. The normalized spacial score (nSPS) is 14.7. The zero-order valence-electron chi connectivity index (χ0n) is 18.9. The highest BCUT2D eigenvalue weighted by Crippen LogP contribution is 2.37. The van der Waals surface area contributed by atoms with Crippen LogP contribution in [0, 0.1) is 0 Å². The lowest BCUT2D eigenvalue weighted by atomic mass is 10.0. The van der Waals surface area contributed by atoms with Crippen LogP contribution < -0.4 is 10.1 Å². The first-order valence-corrected chi connectivity index (χ1v) is 11.2. The van der Waals surface area contributed by atoms with Crippen molar-refractivity contribution < 1.29 is 9.53 Å². The Balaban J connectivity index is 1.62. The second kappa shape index (κ2) is 8.87. The van der Waals surface area contributed by atoms with E-state index in [4.69, 9.17) is 4.74 Å². The summed E-state index contributed by atoms with van der Waals surface area (Å²) in [5, 5.41) is 3.19. The highest BCUT2D eigenvalue weighted by Gasteiger charge is 2.33. The fourth-order valence-corrected chi connectivity index (χ4v) is 4.61. The van der Waals surface area contributed by atoms with Crippen molar-refractivity contribution >= 4 is 11.7 Å². The first-order valence-electron chi connectivity index (χ1n) is 11.2. The van der Waals surface area contributed by atoms with Gasteiger partial charge in [0, 0.05) is 17.6 Å². The standard InChI is InChI=1S/C28H27N3O2/c1-3-20-9-4-6-11-24(20)29-28(32)31-19-22-10-5-7-12-25(22)30-18-8-13-26(30)27(31)21-14-16-23(33-2)17-15-21/h4-18,27H,3,19H2,1-2H3,(H,29,32). The number of fused-ring (bicyclic) bond motifs is 3. The first kappa shape index (κ1) is 20.9. The zero-order chi connectivity index (χ0) is 22.8. The Labute approximate surface area is 194 Å². The van der Waals surface area contributed by atoms with Crippen LogP contribution in [-0.4, -0.2) is 22.6 Å². The maximum atomic E-state index is 13.8. The smallest absolute Gasteiger partial charge is 0.322 e. The molecule has 0 aliphatic carbocycles. The maximum Gasteiger partial charge on any atom is 0.322 e. The molecule has 0 saturated heterocycles. The fourth-order valence-electron chi connectivity index (χ4n) is 4.61. The van der Waals surface area contributed by atoms with Crippen molar-refractivity contribution in [3.8, 4) is 11.4 Å². The molecule has 1 aliphatic rings. The van der Waals surface area contributed by atoms with Gasteiger partial charge in [0.1, 0.15) is 5.75 Å². The minimum atomic E-state index is -0.257. The number of para-hydroxylation sites is 2. The summed E-state index contributed by atoms with van der Waals surface area (Å²) in [6, 6.07) is 28.0. The predicted octanol–water partition coefficient (Wildman–Crippen LogP) is 6.19. The summed E-state index contributed by atoms with van der Waals surface area (Å²) in [5.41, 5.74) is 6.24. The number of aryl methyl sites for hydroxylation is 1. The Morgan fingerprint density at radius 2 is 1.73 bits per heavy atom. The number of hydrogen-bond acceptors (Lipinski definition) is 2. The van der Waals surface area contributed by atoms with Gasteiger partial charge in [-0.3, -0.25) is 0 Å². The molecule has 5 nitrogen and oxygen atoms in total. The van der Waals surface area contributed by atoms with Crippen molar-refractivity contribution in [2.75, 3.05) is 12.4 Å². The van der Waals surface area contributed by atoms with Crippen molar-refractivity contribution in [2.45, 2.75) is 25.9 Å². The second-order valence-electron chi connectivity index (χ2n) is 8.18. The molecule has 1 aliphatic heterocycles. The molecule has 1 aromatic heterocycles. The van der Waals surface area contributed by atoms with E-state index in [9.17, 15) is 4.79 Å². The summed E-state index contributed by atoms with van der Waals surface area (Å²) < 4.78 is 7.56. The fraction of sp³-hybridized carbons (Fsp3) is 0.179. The predicted molar refractivity (Wildman–Crippen MR) is 131 cm³/mol. The highest BCUT2D eigenvalue weighted by molar-refractivity contribution is 5.91. The van der Waals surface area contributed by atoms with Crippen molar-refractivity contribution in [1.82, 2.24) is 9.47 Å². The molecule has 0 saturated carbocycles. The van der Waals surface area contributed by atoms with Gasteiger partial charge < -0.3 is 19.5 Å². The SMILES string of the molecule is CCc1ccccc1NC(=O)N1Cc2ccccc2-n2cccc2C1c1ccc(OC)cc1. The number of ether oxygens (including phenoxy) is 1. The molecule has 33 heavy (non-hydrogen) atoms. The molecule has 2 heterocycles. The van der Waals surface area contributed by atoms with Gasteiger partial charge in [-0.05, 0) is 59.5 Å². The lowest BCUT2D eigenvalue weighted by Gasteiger charge is -2.31. The Kier molecular flexibility index (Phi) is 5.61.